The van der Waals surface area contributed by atoms with Crippen molar-refractivity contribution in [2.45, 2.75) is 6.92 Å². The van der Waals surface area contributed by atoms with Gasteiger partial charge in [-0.05, 0) is 30.7 Å². The molecule has 0 aromatic heterocycles. The number of carbonyl (C=O) groups is 2. The highest BCUT2D eigenvalue weighted by Crippen LogP contribution is 2.23. The van der Waals surface area contributed by atoms with E-state index in [1.54, 1.807) is 27.2 Å². The summed E-state index contributed by atoms with van der Waals surface area (Å²) >= 11 is 1.18. The van der Waals surface area contributed by atoms with Crippen LogP contribution in [-0.4, -0.2) is 48.5 Å². The summed E-state index contributed by atoms with van der Waals surface area (Å²) in [6, 6.07) is 7.35. The third-order valence-corrected chi connectivity index (χ3v) is 4.05. The lowest BCUT2D eigenvalue weighted by Gasteiger charge is -2.10. The number of aliphatic imine (C=N–C) groups is 1. The smallest absolute Gasteiger partial charge is 0.316 e. The number of hydrogen-bond donors (Lipinski definition) is 0. The molecule has 1 amide bonds. The molecule has 0 saturated heterocycles. The summed E-state index contributed by atoms with van der Waals surface area (Å²) in [4.78, 5) is 29.4. The Bertz CT molecular complexity index is 670. The van der Waals surface area contributed by atoms with Gasteiger partial charge in [-0.15, -0.1) is 0 Å². The van der Waals surface area contributed by atoms with E-state index in [-0.39, 0.29) is 17.6 Å². The van der Waals surface area contributed by atoms with Gasteiger partial charge in [-0.3, -0.25) is 14.5 Å². The zero-order valence-corrected chi connectivity index (χ0v) is 14.1. The minimum atomic E-state index is -0.328. The molecule has 1 aromatic carbocycles. The number of hydrogen-bond acceptors (Lipinski definition) is 6. The Morgan fingerprint density at radius 1 is 1.43 bits per heavy atom. The molecule has 7 heteroatoms. The Labute approximate surface area is 139 Å². The van der Waals surface area contributed by atoms with Gasteiger partial charge in [0.1, 0.15) is 11.4 Å². The van der Waals surface area contributed by atoms with Crippen molar-refractivity contribution in [3.63, 3.8) is 0 Å². The van der Waals surface area contributed by atoms with Crippen molar-refractivity contribution in [2.75, 3.05) is 26.5 Å². The summed E-state index contributed by atoms with van der Waals surface area (Å²) in [5.41, 5.74) is 1.15. The number of methoxy groups -OCH3 is 1. The van der Waals surface area contributed by atoms with Crippen LogP contribution in [0.2, 0.25) is 0 Å². The lowest BCUT2D eigenvalue weighted by atomic mass is 10.2. The third-order valence-electron chi connectivity index (χ3n) is 3.05. The number of esters is 1. The molecule has 0 unspecified atom stereocenters. The van der Waals surface area contributed by atoms with Gasteiger partial charge in [0.2, 0.25) is 0 Å². The van der Waals surface area contributed by atoms with E-state index in [2.05, 4.69) is 4.99 Å². The van der Waals surface area contributed by atoms with Crippen molar-refractivity contribution in [3.8, 4) is 5.75 Å². The van der Waals surface area contributed by atoms with Gasteiger partial charge in [-0.25, -0.2) is 4.99 Å². The molecule has 0 saturated carbocycles. The number of amides is 1. The average Bonchev–Trinajstić information content (AvgIpc) is 2.81. The van der Waals surface area contributed by atoms with Gasteiger partial charge in [0, 0.05) is 7.05 Å². The molecule has 0 aliphatic carbocycles. The molecule has 122 valence electrons. The zero-order chi connectivity index (χ0) is 16.8. The van der Waals surface area contributed by atoms with E-state index in [0.717, 1.165) is 5.56 Å². The van der Waals surface area contributed by atoms with Gasteiger partial charge in [-0.2, -0.15) is 0 Å². The Kier molecular flexibility index (Phi) is 5.81. The highest BCUT2D eigenvalue weighted by Gasteiger charge is 2.27. The summed E-state index contributed by atoms with van der Waals surface area (Å²) in [5.74, 6) is 0.293. The highest BCUT2D eigenvalue weighted by molar-refractivity contribution is 8.14. The molecule has 1 aliphatic heterocycles. The predicted molar refractivity (Wildman–Crippen MR) is 90.3 cm³/mol. The summed E-state index contributed by atoms with van der Waals surface area (Å²) in [7, 11) is 3.22. The third kappa shape index (κ3) is 4.35. The first-order valence-electron chi connectivity index (χ1n) is 7.06. The second-order valence-electron chi connectivity index (χ2n) is 4.66. The Morgan fingerprint density at radius 2 is 2.22 bits per heavy atom. The number of rotatable bonds is 5. The van der Waals surface area contributed by atoms with Crippen molar-refractivity contribution in [1.82, 2.24) is 4.90 Å². The topological polar surface area (TPSA) is 68.2 Å². The number of amidine groups is 1. The van der Waals surface area contributed by atoms with Crippen LogP contribution in [0.3, 0.4) is 0 Å². The van der Waals surface area contributed by atoms with Crippen LogP contribution < -0.4 is 4.74 Å². The number of benzene rings is 1. The van der Waals surface area contributed by atoms with Crippen molar-refractivity contribution < 1.29 is 19.1 Å². The van der Waals surface area contributed by atoms with Crippen molar-refractivity contribution in [3.05, 3.63) is 35.5 Å². The van der Waals surface area contributed by atoms with E-state index >= 15 is 0 Å². The van der Waals surface area contributed by atoms with Gasteiger partial charge in [0.25, 0.3) is 5.91 Å². The van der Waals surface area contributed by atoms with Gasteiger partial charge < -0.3 is 9.47 Å². The summed E-state index contributed by atoms with van der Waals surface area (Å²) in [6.45, 7) is 2.09. The first-order valence-corrected chi connectivity index (χ1v) is 8.04. The minimum Gasteiger partial charge on any atom is -0.497 e. The SMILES string of the molecule is CCOC(=O)CSC1=NC(=Cc2cccc(OC)c2)C(=O)N1C. The minimum absolute atomic E-state index is 0.122. The molecule has 23 heavy (non-hydrogen) atoms. The van der Waals surface area contributed by atoms with Gasteiger partial charge in [0.05, 0.1) is 19.5 Å². The van der Waals surface area contributed by atoms with Gasteiger partial charge in [0.15, 0.2) is 5.17 Å². The van der Waals surface area contributed by atoms with Crippen molar-refractivity contribution >= 4 is 34.9 Å². The standard InChI is InChI=1S/C16H18N2O4S/c1-4-22-14(19)10-23-16-17-13(15(20)18(16)2)9-11-6-5-7-12(8-11)21-3/h5-9H,4,10H2,1-3H3. The molecule has 0 radical (unpaired) electrons. The van der Waals surface area contributed by atoms with Crippen molar-refractivity contribution in [2.24, 2.45) is 4.99 Å². The second kappa shape index (κ2) is 7.82. The van der Waals surface area contributed by atoms with Crippen LogP contribution in [-0.2, 0) is 14.3 Å². The normalized spacial score (nSPS) is 15.8. The number of likely N-dealkylation sites (N-methyl/N-ethyl adjacent to an activating group) is 1. The maximum absolute atomic E-state index is 12.2. The second-order valence-corrected chi connectivity index (χ2v) is 5.60. The fourth-order valence-corrected chi connectivity index (χ4v) is 2.69. The molecular weight excluding hydrogens is 316 g/mol. The Balaban J connectivity index is 2.14. The van der Waals surface area contributed by atoms with Crippen LogP contribution >= 0.6 is 11.8 Å². The maximum Gasteiger partial charge on any atom is 0.316 e. The molecule has 1 heterocycles. The van der Waals surface area contributed by atoms with E-state index in [0.29, 0.717) is 23.2 Å². The molecule has 0 N–H and O–H groups in total. The van der Waals surface area contributed by atoms with Crippen LogP contribution in [0.4, 0.5) is 0 Å². The van der Waals surface area contributed by atoms with Crippen LogP contribution in [0.15, 0.2) is 35.0 Å². The zero-order valence-electron chi connectivity index (χ0n) is 13.2. The van der Waals surface area contributed by atoms with Gasteiger partial charge >= 0.3 is 5.97 Å². The molecule has 0 bridgehead atoms. The van der Waals surface area contributed by atoms with Crippen LogP contribution in [0.25, 0.3) is 6.08 Å². The van der Waals surface area contributed by atoms with Gasteiger partial charge in [-0.1, -0.05) is 23.9 Å². The molecule has 2 rings (SSSR count). The maximum atomic E-state index is 12.2. The quantitative estimate of drug-likeness (QED) is 0.610. The Morgan fingerprint density at radius 3 is 2.91 bits per heavy atom. The molecule has 1 aromatic rings. The number of nitrogens with zero attached hydrogens (tertiary/aromatic N) is 2. The lowest BCUT2D eigenvalue weighted by Crippen LogP contribution is -2.26. The number of carbonyl (C=O) groups excluding carboxylic acids is 2. The van der Waals surface area contributed by atoms with Crippen LogP contribution in [0, 0.1) is 0 Å². The predicted octanol–water partition coefficient (Wildman–Crippen LogP) is 2.16. The van der Waals surface area contributed by atoms with E-state index in [4.69, 9.17) is 9.47 Å². The lowest BCUT2D eigenvalue weighted by molar-refractivity contribution is -0.139. The monoisotopic (exact) mass is 334 g/mol. The molecule has 0 atom stereocenters. The van der Waals surface area contributed by atoms with E-state index in [9.17, 15) is 9.59 Å². The first kappa shape index (κ1) is 17.1. The highest BCUT2D eigenvalue weighted by atomic mass is 32.2. The molecule has 0 spiro atoms. The molecular formula is C16H18N2O4S. The Hall–Kier alpha value is -2.28. The summed E-state index contributed by atoms with van der Waals surface area (Å²) in [5, 5.41) is 0.484. The van der Waals surface area contributed by atoms with E-state index in [1.807, 2.05) is 24.3 Å². The van der Waals surface area contributed by atoms with Crippen molar-refractivity contribution in [1.29, 1.82) is 0 Å². The summed E-state index contributed by atoms with van der Waals surface area (Å²) in [6.07, 6.45) is 1.69. The number of ether oxygens (including phenoxy) is 2. The van der Waals surface area contributed by atoms with E-state index in [1.165, 1.54) is 16.7 Å². The molecule has 0 fully saturated rings. The molecule has 1 aliphatic rings. The average molecular weight is 334 g/mol. The fourth-order valence-electron chi connectivity index (χ4n) is 1.92. The van der Waals surface area contributed by atoms with E-state index < -0.39 is 0 Å². The molecule has 6 nitrogen and oxygen atoms in total. The van der Waals surface area contributed by atoms with Crippen LogP contribution in [0.1, 0.15) is 12.5 Å². The number of thioether (sulfide) groups is 1. The summed E-state index contributed by atoms with van der Waals surface area (Å²) < 4.78 is 10.0. The fraction of sp³-hybridized carbons (Fsp3) is 0.312. The largest absolute Gasteiger partial charge is 0.497 e. The van der Waals surface area contributed by atoms with Crippen LogP contribution in [0.5, 0.6) is 5.75 Å². The first-order chi connectivity index (χ1) is 11.0.